The maximum Gasteiger partial charge on any atom is 0.115 e. The molecule has 3 aromatic rings. The molecule has 0 aliphatic heterocycles. The fourth-order valence-electron chi connectivity index (χ4n) is 3.74. The molecule has 3 rings (SSSR count). The van der Waals surface area contributed by atoms with E-state index in [0.717, 1.165) is 30.0 Å². The van der Waals surface area contributed by atoms with Crippen LogP contribution in [0.4, 0.5) is 11.4 Å². The van der Waals surface area contributed by atoms with E-state index in [9.17, 15) is 5.11 Å². The third kappa shape index (κ3) is 4.30. The minimum atomic E-state index is 0.0588. The van der Waals surface area contributed by atoms with Gasteiger partial charge in [0, 0.05) is 30.4 Å². The van der Waals surface area contributed by atoms with Gasteiger partial charge in [0.15, 0.2) is 0 Å². The zero-order valence-corrected chi connectivity index (χ0v) is 17.2. The zero-order valence-electron chi connectivity index (χ0n) is 17.2. The first-order valence-corrected chi connectivity index (χ1v) is 10.0. The number of aryl methyl sites for hydroxylation is 2. The van der Waals surface area contributed by atoms with Gasteiger partial charge in [-0.15, -0.1) is 0 Å². The molecule has 0 aromatic heterocycles. The molecule has 0 unspecified atom stereocenters. The molecule has 3 nitrogen and oxygen atoms in total. The summed E-state index contributed by atoms with van der Waals surface area (Å²) in [6, 6.07) is 20.8. The van der Waals surface area contributed by atoms with Crippen LogP contribution in [-0.2, 0) is 0 Å². The molecular formula is C25H30N2O. The fraction of sp³-hybridized carbons (Fsp3) is 0.280. The highest BCUT2D eigenvalue weighted by Gasteiger charge is 2.23. The van der Waals surface area contributed by atoms with Crippen LogP contribution in [0.1, 0.15) is 47.6 Å². The summed E-state index contributed by atoms with van der Waals surface area (Å²) in [6.07, 6.45) is 0. The molecule has 3 aromatic carbocycles. The Morgan fingerprint density at radius 2 is 1.18 bits per heavy atom. The van der Waals surface area contributed by atoms with Gasteiger partial charge in [-0.05, 0) is 68.7 Å². The van der Waals surface area contributed by atoms with Crippen molar-refractivity contribution in [1.82, 2.24) is 0 Å². The van der Waals surface area contributed by atoms with E-state index in [1.54, 1.807) is 12.1 Å². The molecule has 3 N–H and O–H groups in total. The van der Waals surface area contributed by atoms with Crippen molar-refractivity contribution in [1.29, 1.82) is 0 Å². The molecule has 0 saturated heterocycles. The molecule has 0 atom stereocenters. The van der Waals surface area contributed by atoms with Gasteiger partial charge >= 0.3 is 0 Å². The van der Waals surface area contributed by atoms with E-state index in [1.807, 2.05) is 12.1 Å². The van der Waals surface area contributed by atoms with Crippen LogP contribution in [0.5, 0.6) is 5.75 Å². The minimum Gasteiger partial charge on any atom is -0.508 e. The van der Waals surface area contributed by atoms with Gasteiger partial charge in [0.1, 0.15) is 5.75 Å². The van der Waals surface area contributed by atoms with Crippen LogP contribution in [0.3, 0.4) is 0 Å². The Bertz CT molecular complexity index is 876. The Morgan fingerprint density at radius 3 is 1.61 bits per heavy atom. The number of hydrogen-bond donors (Lipinski definition) is 3. The molecule has 0 saturated carbocycles. The second-order valence-electron chi connectivity index (χ2n) is 7.27. The quantitative estimate of drug-likeness (QED) is 0.441. The van der Waals surface area contributed by atoms with Crippen molar-refractivity contribution in [2.75, 3.05) is 23.7 Å². The van der Waals surface area contributed by atoms with Gasteiger partial charge in [-0.2, -0.15) is 0 Å². The zero-order chi connectivity index (χ0) is 20.1. The van der Waals surface area contributed by atoms with Crippen LogP contribution in [-0.4, -0.2) is 18.2 Å². The average molecular weight is 375 g/mol. The molecular weight excluding hydrogens is 344 g/mol. The molecule has 0 aliphatic rings. The lowest BCUT2D eigenvalue weighted by atomic mass is 9.82. The summed E-state index contributed by atoms with van der Waals surface area (Å²) in [7, 11) is 0. The van der Waals surface area contributed by atoms with Crippen LogP contribution in [0.15, 0.2) is 60.7 Å². The van der Waals surface area contributed by atoms with Crippen LogP contribution in [0.2, 0.25) is 0 Å². The number of nitrogens with one attached hydrogen (secondary N) is 2. The lowest BCUT2D eigenvalue weighted by molar-refractivity contribution is 0.475. The summed E-state index contributed by atoms with van der Waals surface area (Å²) in [4.78, 5) is 0. The Labute approximate surface area is 168 Å². The Kier molecular flexibility index (Phi) is 6.25. The lowest BCUT2D eigenvalue weighted by Crippen LogP contribution is -2.12. The largest absolute Gasteiger partial charge is 0.508 e. The van der Waals surface area contributed by atoms with Crippen molar-refractivity contribution in [3.8, 4) is 5.75 Å². The molecule has 3 heteroatoms. The molecule has 0 spiro atoms. The smallest absolute Gasteiger partial charge is 0.115 e. The van der Waals surface area contributed by atoms with E-state index < -0.39 is 0 Å². The summed E-state index contributed by atoms with van der Waals surface area (Å²) in [5.74, 6) is 0.346. The number of phenolic OH excluding ortho intramolecular Hbond substituents is 1. The van der Waals surface area contributed by atoms with Gasteiger partial charge in [0.25, 0.3) is 0 Å². The fourth-order valence-corrected chi connectivity index (χ4v) is 3.74. The van der Waals surface area contributed by atoms with Crippen LogP contribution in [0.25, 0.3) is 0 Å². The maximum atomic E-state index is 9.82. The normalized spacial score (nSPS) is 10.9. The predicted octanol–water partition coefficient (Wildman–Crippen LogP) is 6.05. The first-order chi connectivity index (χ1) is 13.5. The van der Waals surface area contributed by atoms with E-state index in [0.29, 0.717) is 0 Å². The molecule has 0 bridgehead atoms. The van der Waals surface area contributed by atoms with Crippen LogP contribution in [0, 0.1) is 13.8 Å². The van der Waals surface area contributed by atoms with Gasteiger partial charge in [0.05, 0.1) is 0 Å². The van der Waals surface area contributed by atoms with Gasteiger partial charge in [0.2, 0.25) is 0 Å². The molecule has 0 radical (unpaired) electrons. The van der Waals surface area contributed by atoms with Crippen molar-refractivity contribution < 1.29 is 5.11 Å². The van der Waals surface area contributed by atoms with Crippen LogP contribution >= 0.6 is 0 Å². The highest BCUT2D eigenvalue weighted by Crippen LogP contribution is 2.40. The molecule has 0 fully saturated rings. The van der Waals surface area contributed by atoms with Crippen molar-refractivity contribution in [2.24, 2.45) is 0 Å². The first kappa shape index (κ1) is 19.8. The third-order valence-electron chi connectivity index (χ3n) is 5.00. The van der Waals surface area contributed by atoms with Gasteiger partial charge in [-0.3, -0.25) is 0 Å². The molecule has 146 valence electrons. The van der Waals surface area contributed by atoms with E-state index in [4.69, 9.17) is 0 Å². The second-order valence-corrected chi connectivity index (χ2v) is 7.27. The van der Waals surface area contributed by atoms with Crippen LogP contribution < -0.4 is 10.6 Å². The van der Waals surface area contributed by atoms with Crippen molar-refractivity contribution in [2.45, 2.75) is 33.6 Å². The summed E-state index contributed by atoms with van der Waals surface area (Å²) in [5, 5.41) is 16.9. The lowest BCUT2D eigenvalue weighted by Gasteiger charge is -2.26. The van der Waals surface area contributed by atoms with E-state index >= 15 is 0 Å². The monoisotopic (exact) mass is 374 g/mol. The first-order valence-electron chi connectivity index (χ1n) is 10.0. The summed E-state index contributed by atoms with van der Waals surface area (Å²) < 4.78 is 0. The number of aromatic hydroxyl groups is 1. The Morgan fingerprint density at radius 1 is 0.714 bits per heavy atom. The number of anilines is 2. The summed E-state index contributed by atoms with van der Waals surface area (Å²) >= 11 is 0. The van der Waals surface area contributed by atoms with E-state index in [2.05, 4.69) is 74.7 Å². The number of hydrogen-bond acceptors (Lipinski definition) is 3. The van der Waals surface area contributed by atoms with Gasteiger partial charge in [-0.1, -0.05) is 47.5 Å². The molecule has 0 aliphatic carbocycles. The molecule has 28 heavy (non-hydrogen) atoms. The third-order valence-corrected chi connectivity index (χ3v) is 5.00. The van der Waals surface area contributed by atoms with E-state index in [-0.39, 0.29) is 11.7 Å². The second kappa shape index (κ2) is 8.83. The van der Waals surface area contributed by atoms with Crippen molar-refractivity contribution in [3.63, 3.8) is 0 Å². The van der Waals surface area contributed by atoms with Crippen molar-refractivity contribution in [3.05, 3.63) is 88.5 Å². The highest BCUT2D eigenvalue weighted by molar-refractivity contribution is 5.65. The molecule has 0 amide bonds. The summed E-state index contributed by atoms with van der Waals surface area (Å²) in [5.41, 5.74) is 8.42. The Balaban J connectivity index is 2.27. The number of rotatable bonds is 7. The van der Waals surface area contributed by atoms with Crippen molar-refractivity contribution >= 4 is 11.4 Å². The maximum absolute atomic E-state index is 9.82. The number of phenols is 1. The topological polar surface area (TPSA) is 44.3 Å². The average Bonchev–Trinajstić information content (AvgIpc) is 2.68. The van der Waals surface area contributed by atoms with E-state index in [1.165, 1.54) is 22.3 Å². The molecule has 0 heterocycles. The van der Waals surface area contributed by atoms with Gasteiger partial charge in [-0.25, -0.2) is 0 Å². The standard InChI is InChI=1S/C25H30N2O/c1-5-26-23-13-7-17(3)15-21(23)25(19-9-11-20(28)12-10-19)22-16-18(4)8-14-24(22)27-6-2/h7-16,25-28H,5-6H2,1-4H3. The summed E-state index contributed by atoms with van der Waals surface area (Å²) in [6.45, 7) is 10.2. The predicted molar refractivity (Wildman–Crippen MR) is 120 cm³/mol. The number of benzene rings is 3. The Hall–Kier alpha value is -2.94. The SMILES string of the molecule is CCNc1ccc(C)cc1C(c1ccc(O)cc1)c1cc(C)ccc1NCC. The van der Waals surface area contributed by atoms with Gasteiger partial charge < -0.3 is 15.7 Å². The highest BCUT2D eigenvalue weighted by atomic mass is 16.3. The minimum absolute atomic E-state index is 0.0588.